The first kappa shape index (κ1) is 19.6. The number of hydrazone groups is 1. The summed E-state index contributed by atoms with van der Waals surface area (Å²) in [5.74, 6) is -0.0335. The molecule has 0 aliphatic carbocycles. The third kappa shape index (κ3) is 3.77. The minimum atomic E-state index is -0.554. The minimum absolute atomic E-state index is 0.0335. The van der Waals surface area contributed by atoms with Gasteiger partial charge in [0.2, 0.25) is 5.91 Å². The van der Waals surface area contributed by atoms with Crippen LogP contribution >= 0.6 is 11.6 Å². The van der Waals surface area contributed by atoms with E-state index >= 15 is 0 Å². The lowest BCUT2D eigenvalue weighted by Gasteiger charge is -2.28. The van der Waals surface area contributed by atoms with Gasteiger partial charge in [0, 0.05) is 22.8 Å². The molecular weight excluding hydrogens is 382 g/mol. The number of rotatable bonds is 2. The van der Waals surface area contributed by atoms with Crippen LogP contribution in [0.2, 0.25) is 5.15 Å². The molecule has 0 N–H and O–H groups in total. The third-order valence-electron chi connectivity index (χ3n) is 5.18. The molecule has 1 aliphatic heterocycles. The van der Waals surface area contributed by atoms with Gasteiger partial charge in [-0.3, -0.25) is 4.79 Å². The fourth-order valence-corrected chi connectivity index (χ4v) is 3.88. The number of halogens is 1. The maximum Gasteiger partial charge on any atom is 0.248 e. The summed E-state index contributed by atoms with van der Waals surface area (Å²) in [6.07, 6.45) is 0.602. The number of aryl methyl sites for hydroxylation is 1. The number of hydrogen-bond donors (Lipinski definition) is 0. The van der Waals surface area contributed by atoms with Crippen molar-refractivity contribution in [1.29, 1.82) is 0 Å². The van der Waals surface area contributed by atoms with Crippen LogP contribution in [-0.4, -0.2) is 21.6 Å². The van der Waals surface area contributed by atoms with Crippen LogP contribution in [0, 0.1) is 12.3 Å². The van der Waals surface area contributed by atoms with Gasteiger partial charge >= 0.3 is 0 Å². The lowest BCUT2D eigenvalue weighted by molar-refractivity contribution is -0.141. The van der Waals surface area contributed by atoms with E-state index in [0.717, 1.165) is 33.3 Å². The lowest BCUT2D eigenvalue weighted by atomic mass is 9.93. The molecule has 0 radical (unpaired) electrons. The number of carbonyl (C=O) groups is 1. The maximum absolute atomic E-state index is 13.2. The second-order valence-corrected chi connectivity index (χ2v) is 8.95. The highest BCUT2D eigenvalue weighted by Crippen LogP contribution is 2.39. The number of nitrogens with zero attached hydrogens (tertiary/aromatic N) is 3. The summed E-state index contributed by atoms with van der Waals surface area (Å²) in [4.78, 5) is 17.8. The smallest absolute Gasteiger partial charge is 0.248 e. The molecule has 5 heteroatoms. The van der Waals surface area contributed by atoms with Gasteiger partial charge in [0.15, 0.2) is 0 Å². The zero-order valence-electron chi connectivity index (χ0n) is 17.1. The van der Waals surface area contributed by atoms with E-state index in [-0.39, 0.29) is 11.9 Å². The van der Waals surface area contributed by atoms with Crippen molar-refractivity contribution in [3.8, 4) is 0 Å². The van der Waals surface area contributed by atoms with Crippen LogP contribution in [0.25, 0.3) is 10.9 Å². The molecule has 0 fully saturated rings. The van der Waals surface area contributed by atoms with Crippen molar-refractivity contribution in [2.45, 2.75) is 40.2 Å². The highest BCUT2D eigenvalue weighted by Gasteiger charge is 2.39. The quantitative estimate of drug-likeness (QED) is 0.496. The summed E-state index contributed by atoms with van der Waals surface area (Å²) < 4.78 is 0. The number of hydrogen-bond acceptors (Lipinski definition) is 3. The molecule has 0 saturated heterocycles. The molecular formula is C24H24ClN3O. The number of aromatic nitrogens is 1. The van der Waals surface area contributed by atoms with Crippen molar-refractivity contribution in [3.05, 3.63) is 76.4 Å². The Labute approximate surface area is 176 Å². The van der Waals surface area contributed by atoms with Gasteiger partial charge in [-0.25, -0.2) is 9.99 Å². The predicted octanol–water partition coefficient (Wildman–Crippen LogP) is 5.92. The molecule has 0 saturated carbocycles. The number of carbonyl (C=O) groups excluding carboxylic acids is 1. The highest BCUT2D eigenvalue weighted by molar-refractivity contribution is 6.30. The van der Waals surface area contributed by atoms with Crippen LogP contribution in [-0.2, 0) is 4.79 Å². The zero-order chi connectivity index (χ0) is 20.8. The Bertz CT molecular complexity index is 1120. The van der Waals surface area contributed by atoms with Crippen LogP contribution in [0.4, 0.5) is 0 Å². The molecule has 2 heterocycles. The molecule has 4 rings (SSSR count). The Hall–Kier alpha value is -2.72. The molecule has 1 atom stereocenters. The monoisotopic (exact) mass is 405 g/mol. The molecule has 0 spiro atoms. The van der Waals surface area contributed by atoms with Crippen LogP contribution in [0.3, 0.4) is 0 Å². The van der Waals surface area contributed by atoms with Crippen LogP contribution in [0.15, 0.2) is 59.7 Å². The van der Waals surface area contributed by atoms with E-state index in [2.05, 4.69) is 24.0 Å². The summed E-state index contributed by atoms with van der Waals surface area (Å²) in [5.41, 5.74) is 4.18. The fourth-order valence-electron chi connectivity index (χ4n) is 3.61. The molecule has 3 aromatic rings. The third-order valence-corrected chi connectivity index (χ3v) is 5.48. The lowest BCUT2D eigenvalue weighted by Crippen LogP contribution is -2.36. The van der Waals surface area contributed by atoms with Gasteiger partial charge in [0.1, 0.15) is 5.15 Å². The zero-order valence-corrected chi connectivity index (χ0v) is 17.9. The predicted molar refractivity (Wildman–Crippen MR) is 118 cm³/mol. The average Bonchev–Trinajstić information content (AvgIpc) is 3.12. The number of fused-ring (bicyclic) bond motifs is 1. The van der Waals surface area contributed by atoms with Crippen molar-refractivity contribution in [1.82, 2.24) is 9.99 Å². The SMILES string of the molecule is Cc1ccc2nc(Cl)c([C@@H]3CC(c4ccccc4)=NN3C(=O)C(C)(C)C)cc2c1. The van der Waals surface area contributed by atoms with Gasteiger partial charge in [-0.15, -0.1) is 0 Å². The van der Waals surface area contributed by atoms with Gasteiger partial charge in [0.05, 0.1) is 17.3 Å². The normalized spacial score (nSPS) is 16.9. The Balaban J connectivity index is 1.82. The first-order valence-electron chi connectivity index (χ1n) is 9.77. The van der Waals surface area contributed by atoms with Gasteiger partial charge in [-0.1, -0.05) is 74.3 Å². The van der Waals surface area contributed by atoms with Crippen molar-refractivity contribution >= 4 is 34.1 Å². The van der Waals surface area contributed by atoms with E-state index < -0.39 is 5.41 Å². The van der Waals surface area contributed by atoms with Gasteiger partial charge in [-0.05, 0) is 30.7 Å². The molecule has 0 bridgehead atoms. The topological polar surface area (TPSA) is 45.6 Å². The molecule has 29 heavy (non-hydrogen) atoms. The molecule has 0 unspecified atom stereocenters. The summed E-state index contributed by atoms with van der Waals surface area (Å²) in [7, 11) is 0. The van der Waals surface area contributed by atoms with Crippen LogP contribution < -0.4 is 0 Å². The van der Waals surface area contributed by atoms with Crippen molar-refractivity contribution in [2.75, 3.05) is 0 Å². The largest absolute Gasteiger partial charge is 0.272 e. The van der Waals surface area contributed by atoms with E-state index in [1.165, 1.54) is 0 Å². The van der Waals surface area contributed by atoms with E-state index in [1.807, 2.05) is 63.2 Å². The first-order valence-corrected chi connectivity index (χ1v) is 10.2. The van der Waals surface area contributed by atoms with Crippen molar-refractivity contribution < 1.29 is 4.79 Å². The van der Waals surface area contributed by atoms with E-state index in [4.69, 9.17) is 16.7 Å². The Kier molecular flexibility index (Phi) is 4.91. The molecule has 148 valence electrons. The highest BCUT2D eigenvalue weighted by atomic mass is 35.5. The molecule has 2 aromatic carbocycles. The Morgan fingerprint density at radius 2 is 1.83 bits per heavy atom. The number of amides is 1. The average molecular weight is 406 g/mol. The Morgan fingerprint density at radius 1 is 1.10 bits per heavy atom. The molecule has 1 aromatic heterocycles. The summed E-state index contributed by atoms with van der Waals surface area (Å²) in [6.45, 7) is 7.78. The van der Waals surface area contributed by atoms with E-state index in [0.29, 0.717) is 11.6 Å². The van der Waals surface area contributed by atoms with Crippen molar-refractivity contribution in [2.24, 2.45) is 10.5 Å². The number of pyridine rings is 1. The summed E-state index contributed by atoms with van der Waals surface area (Å²) in [5, 5.41) is 7.77. The molecule has 1 aliphatic rings. The molecule has 4 nitrogen and oxygen atoms in total. The maximum atomic E-state index is 13.2. The van der Waals surface area contributed by atoms with Gasteiger partial charge < -0.3 is 0 Å². The standard InChI is InChI=1S/C24H24ClN3O/c1-15-10-11-19-17(12-15)13-18(22(25)26-19)21-14-20(16-8-6-5-7-9-16)27-28(21)23(29)24(2,3)4/h5-13,21H,14H2,1-4H3/t21-/m0/s1. The summed E-state index contributed by atoms with van der Waals surface area (Å²) in [6, 6.07) is 17.8. The first-order chi connectivity index (χ1) is 13.7. The fraction of sp³-hybridized carbons (Fsp3) is 0.292. The van der Waals surface area contributed by atoms with Crippen LogP contribution in [0.5, 0.6) is 0 Å². The van der Waals surface area contributed by atoms with Gasteiger partial charge in [-0.2, -0.15) is 5.10 Å². The Morgan fingerprint density at radius 3 is 2.52 bits per heavy atom. The van der Waals surface area contributed by atoms with E-state index in [1.54, 1.807) is 5.01 Å². The summed E-state index contributed by atoms with van der Waals surface area (Å²) >= 11 is 6.60. The van der Waals surface area contributed by atoms with Crippen LogP contribution in [0.1, 0.15) is 49.9 Å². The van der Waals surface area contributed by atoms with Crippen molar-refractivity contribution in [3.63, 3.8) is 0 Å². The van der Waals surface area contributed by atoms with Gasteiger partial charge in [0.25, 0.3) is 0 Å². The second-order valence-electron chi connectivity index (χ2n) is 8.60. The molecule has 1 amide bonds. The number of benzene rings is 2. The van der Waals surface area contributed by atoms with E-state index in [9.17, 15) is 4.79 Å². The minimum Gasteiger partial charge on any atom is -0.272 e. The second kappa shape index (κ2) is 7.27.